The number of hydrogen-bond donors (Lipinski definition) is 1. The van der Waals surface area contributed by atoms with Gasteiger partial charge in [-0.15, -0.1) is 0 Å². The number of carbonyl (C=O) groups excluding carboxylic acids is 2. The summed E-state index contributed by atoms with van der Waals surface area (Å²) in [4.78, 5) is 27.8. The van der Waals surface area contributed by atoms with Gasteiger partial charge in [0.05, 0.1) is 5.69 Å². The molecule has 0 saturated carbocycles. The predicted molar refractivity (Wildman–Crippen MR) is 145 cm³/mol. The largest absolute Gasteiger partial charge is 0.342 e. The lowest BCUT2D eigenvalue weighted by molar-refractivity contribution is -0.122. The zero-order valence-corrected chi connectivity index (χ0v) is 20.8. The number of fused-ring (bicyclic) bond motifs is 1. The minimum atomic E-state index is -0.504. The van der Waals surface area contributed by atoms with Gasteiger partial charge in [0.1, 0.15) is 5.57 Å². The fourth-order valence-electron chi connectivity index (χ4n) is 4.43. The molecule has 0 radical (unpaired) electrons. The van der Waals surface area contributed by atoms with E-state index in [2.05, 4.69) is 9.88 Å². The number of aromatic nitrogens is 1. The number of hydrogen-bond acceptors (Lipinski definition) is 3. The van der Waals surface area contributed by atoms with Crippen molar-refractivity contribution in [3.63, 3.8) is 0 Å². The number of amides is 2. The average molecular weight is 500 g/mol. The third-order valence-electron chi connectivity index (χ3n) is 5.95. The van der Waals surface area contributed by atoms with Crippen molar-refractivity contribution in [1.82, 2.24) is 9.88 Å². The Labute approximate surface area is 213 Å². The number of benzene rings is 3. The number of aryl methyl sites for hydroxylation is 2. The number of halogens is 1. The molecule has 35 heavy (non-hydrogen) atoms. The Hall–Kier alpha value is -3.74. The zero-order valence-electron chi connectivity index (χ0n) is 19.2. The van der Waals surface area contributed by atoms with E-state index in [0.29, 0.717) is 17.3 Å². The molecule has 1 aromatic heterocycles. The highest BCUT2D eigenvalue weighted by molar-refractivity contribution is 7.80. The highest BCUT2D eigenvalue weighted by Crippen LogP contribution is 2.28. The Kier molecular flexibility index (Phi) is 6.01. The molecule has 7 heteroatoms. The van der Waals surface area contributed by atoms with Gasteiger partial charge in [-0.2, -0.15) is 0 Å². The molecule has 0 bridgehead atoms. The van der Waals surface area contributed by atoms with Crippen LogP contribution in [0.3, 0.4) is 0 Å². The smallest absolute Gasteiger partial charge is 0.270 e. The van der Waals surface area contributed by atoms with E-state index in [1.807, 2.05) is 86.8 Å². The third kappa shape index (κ3) is 4.50. The van der Waals surface area contributed by atoms with Crippen LogP contribution < -0.4 is 10.2 Å². The van der Waals surface area contributed by atoms with Crippen LogP contribution in [0.5, 0.6) is 0 Å². The molecule has 0 atom stereocenters. The first-order chi connectivity index (χ1) is 16.8. The minimum Gasteiger partial charge on any atom is -0.342 e. The number of para-hydroxylation sites is 1. The Bertz CT molecular complexity index is 1520. The summed E-state index contributed by atoms with van der Waals surface area (Å²) in [5, 5.41) is 4.38. The number of nitrogens with zero attached hydrogens (tertiary/aromatic N) is 2. The van der Waals surface area contributed by atoms with Crippen molar-refractivity contribution < 1.29 is 9.59 Å². The molecule has 0 spiro atoms. The molecule has 2 amide bonds. The number of thiocarbonyl (C=S) groups is 1. The van der Waals surface area contributed by atoms with Gasteiger partial charge in [-0.3, -0.25) is 19.8 Å². The van der Waals surface area contributed by atoms with Crippen LogP contribution in [0.25, 0.3) is 17.0 Å². The van der Waals surface area contributed by atoms with Gasteiger partial charge < -0.3 is 4.57 Å². The van der Waals surface area contributed by atoms with Crippen LogP contribution in [0.15, 0.2) is 78.5 Å². The number of anilines is 1. The molecule has 1 aliphatic heterocycles. The van der Waals surface area contributed by atoms with Crippen molar-refractivity contribution >= 4 is 63.4 Å². The van der Waals surface area contributed by atoms with Crippen molar-refractivity contribution in [2.75, 3.05) is 4.90 Å². The van der Waals surface area contributed by atoms with Gasteiger partial charge >= 0.3 is 0 Å². The highest BCUT2D eigenvalue weighted by Gasteiger charge is 2.34. The summed E-state index contributed by atoms with van der Waals surface area (Å²) in [6.07, 6.45) is 3.61. The lowest BCUT2D eigenvalue weighted by atomic mass is 10.1. The van der Waals surface area contributed by atoms with Crippen molar-refractivity contribution in [3.05, 3.63) is 106 Å². The Morgan fingerprint density at radius 1 is 0.971 bits per heavy atom. The summed E-state index contributed by atoms with van der Waals surface area (Å²) < 4.78 is 2.10. The van der Waals surface area contributed by atoms with Crippen LogP contribution in [0.1, 0.15) is 22.3 Å². The summed E-state index contributed by atoms with van der Waals surface area (Å²) in [5.41, 5.74) is 5.54. The van der Waals surface area contributed by atoms with Crippen LogP contribution >= 0.6 is 23.8 Å². The molecule has 1 aliphatic rings. The quantitative estimate of drug-likeness (QED) is 0.219. The fourth-order valence-corrected chi connectivity index (χ4v) is 4.84. The lowest BCUT2D eigenvalue weighted by Gasteiger charge is -2.29. The highest BCUT2D eigenvalue weighted by atomic mass is 35.5. The monoisotopic (exact) mass is 499 g/mol. The summed E-state index contributed by atoms with van der Waals surface area (Å²) in [6.45, 7) is 4.54. The SMILES string of the molecule is Cc1cc(C)cc(N2C(=O)/C(=C/c3cn(Cc4ccc(Cl)cc4)c4ccccc34)C(=O)NC2=S)c1. The first-order valence-electron chi connectivity index (χ1n) is 11.1. The number of carbonyl (C=O) groups is 2. The second-order valence-electron chi connectivity index (χ2n) is 8.66. The van der Waals surface area contributed by atoms with Gasteiger partial charge in [0.15, 0.2) is 5.11 Å². The first kappa shape index (κ1) is 23.0. The minimum absolute atomic E-state index is 0.0344. The second-order valence-corrected chi connectivity index (χ2v) is 9.48. The summed E-state index contributed by atoms with van der Waals surface area (Å²) in [6, 6.07) is 21.4. The molecule has 1 N–H and O–H groups in total. The molecular weight excluding hydrogens is 478 g/mol. The number of nitrogens with one attached hydrogen (secondary N) is 1. The number of rotatable bonds is 4. The average Bonchev–Trinajstić information content (AvgIpc) is 3.14. The van der Waals surface area contributed by atoms with Crippen molar-refractivity contribution in [1.29, 1.82) is 0 Å². The Morgan fingerprint density at radius 2 is 1.66 bits per heavy atom. The van der Waals surface area contributed by atoms with Crippen molar-refractivity contribution in [2.45, 2.75) is 20.4 Å². The molecule has 174 valence electrons. The Morgan fingerprint density at radius 3 is 2.37 bits per heavy atom. The standard InChI is InChI=1S/C28H22ClN3O2S/c1-17-11-18(2)13-22(12-17)32-27(34)24(26(33)30-28(32)35)14-20-16-31(25-6-4-3-5-23(20)25)15-19-7-9-21(29)10-8-19/h3-14,16H,15H2,1-2H3,(H,30,33,35)/b24-14+. The Balaban J connectivity index is 1.57. The maximum atomic E-state index is 13.5. The van der Waals surface area contributed by atoms with Crippen LogP contribution in [-0.2, 0) is 16.1 Å². The summed E-state index contributed by atoms with van der Waals surface area (Å²) in [5.74, 6) is -0.951. The van der Waals surface area contributed by atoms with E-state index in [0.717, 1.165) is 33.2 Å². The topological polar surface area (TPSA) is 54.3 Å². The molecule has 4 aromatic rings. The van der Waals surface area contributed by atoms with E-state index in [1.165, 1.54) is 4.90 Å². The maximum Gasteiger partial charge on any atom is 0.270 e. The first-order valence-corrected chi connectivity index (χ1v) is 11.9. The maximum absolute atomic E-state index is 13.5. The lowest BCUT2D eigenvalue weighted by Crippen LogP contribution is -2.54. The molecule has 1 saturated heterocycles. The molecule has 3 aromatic carbocycles. The van der Waals surface area contributed by atoms with E-state index < -0.39 is 11.8 Å². The normalized spacial score (nSPS) is 15.2. The van der Waals surface area contributed by atoms with Gasteiger partial charge in [-0.1, -0.05) is 48.0 Å². The second kappa shape index (κ2) is 9.13. The summed E-state index contributed by atoms with van der Waals surface area (Å²) in [7, 11) is 0. The van der Waals surface area contributed by atoms with Crippen molar-refractivity contribution in [2.24, 2.45) is 0 Å². The van der Waals surface area contributed by atoms with Gasteiger partial charge in [0.2, 0.25) is 0 Å². The van der Waals surface area contributed by atoms with Gasteiger partial charge in [-0.05, 0) is 79.2 Å². The molecule has 0 unspecified atom stereocenters. The van der Waals surface area contributed by atoms with Crippen LogP contribution in [0.2, 0.25) is 5.02 Å². The van der Waals surface area contributed by atoms with E-state index in [1.54, 1.807) is 6.08 Å². The molecule has 0 aliphatic carbocycles. The molecule has 5 rings (SSSR count). The third-order valence-corrected chi connectivity index (χ3v) is 6.49. The van der Waals surface area contributed by atoms with E-state index >= 15 is 0 Å². The van der Waals surface area contributed by atoms with Gasteiger partial charge in [0, 0.05) is 34.2 Å². The van der Waals surface area contributed by atoms with Gasteiger partial charge in [0.25, 0.3) is 11.8 Å². The van der Waals surface area contributed by atoms with Crippen molar-refractivity contribution in [3.8, 4) is 0 Å². The zero-order chi connectivity index (χ0) is 24.7. The fraction of sp³-hybridized carbons (Fsp3) is 0.107. The van der Waals surface area contributed by atoms with Crippen LogP contribution in [-0.4, -0.2) is 21.5 Å². The predicted octanol–water partition coefficient (Wildman–Crippen LogP) is 5.79. The van der Waals surface area contributed by atoms with Gasteiger partial charge in [-0.25, -0.2) is 0 Å². The molecular formula is C28H22ClN3O2S. The summed E-state index contributed by atoms with van der Waals surface area (Å²) >= 11 is 11.4. The van der Waals surface area contributed by atoms with Crippen LogP contribution in [0, 0.1) is 13.8 Å². The molecule has 5 nitrogen and oxygen atoms in total. The molecule has 2 heterocycles. The van der Waals surface area contributed by atoms with Crippen LogP contribution in [0.4, 0.5) is 5.69 Å². The molecule has 1 fully saturated rings. The van der Waals surface area contributed by atoms with E-state index in [9.17, 15) is 9.59 Å². The van der Waals surface area contributed by atoms with E-state index in [4.69, 9.17) is 23.8 Å². The van der Waals surface area contributed by atoms with E-state index in [-0.39, 0.29) is 10.7 Å².